The lowest BCUT2D eigenvalue weighted by Gasteiger charge is -2.23. The number of nitrogens with zero attached hydrogens (tertiary/aromatic N) is 7. The lowest BCUT2D eigenvalue weighted by molar-refractivity contribution is 0.216. The van der Waals surface area contributed by atoms with E-state index < -0.39 is 0 Å². The van der Waals surface area contributed by atoms with Crippen LogP contribution in [0.3, 0.4) is 0 Å². The van der Waals surface area contributed by atoms with Crippen molar-refractivity contribution in [1.29, 1.82) is 0 Å². The first-order valence-electron chi connectivity index (χ1n) is 8.94. The molecule has 1 aliphatic heterocycles. The summed E-state index contributed by atoms with van der Waals surface area (Å²) in [6.45, 7) is 11.0. The quantitative estimate of drug-likeness (QED) is 0.729. The molecular weight excluding hydrogens is 314 g/mol. The zero-order chi connectivity index (χ0) is 17.6. The van der Waals surface area contributed by atoms with Crippen molar-refractivity contribution in [3.05, 3.63) is 41.0 Å². The van der Waals surface area contributed by atoms with Gasteiger partial charge in [0.2, 0.25) is 5.78 Å². The third-order valence-corrected chi connectivity index (χ3v) is 5.02. The summed E-state index contributed by atoms with van der Waals surface area (Å²) >= 11 is 0. The van der Waals surface area contributed by atoms with Gasteiger partial charge in [0.05, 0.1) is 12.2 Å². The van der Waals surface area contributed by atoms with Crippen LogP contribution in [0.4, 0.5) is 0 Å². The van der Waals surface area contributed by atoms with E-state index in [1.165, 1.54) is 18.5 Å². The van der Waals surface area contributed by atoms with Crippen molar-refractivity contribution in [2.75, 3.05) is 6.54 Å². The van der Waals surface area contributed by atoms with Crippen LogP contribution in [-0.4, -0.2) is 46.6 Å². The summed E-state index contributed by atoms with van der Waals surface area (Å²) in [6, 6.07) is 2.58. The van der Waals surface area contributed by atoms with E-state index in [9.17, 15) is 0 Å². The molecule has 0 N–H and O–H groups in total. The molecule has 4 heterocycles. The Morgan fingerprint density at radius 3 is 2.72 bits per heavy atom. The Bertz CT molecular complexity index is 908. The second-order valence-electron chi connectivity index (χ2n) is 7.10. The summed E-state index contributed by atoms with van der Waals surface area (Å²) in [5.74, 6) is 2.64. The molecule has 3 aromatic rings. The maximum Gasteiger partial charge on any atom is 0.234 e. The molecule has 25 heavy (non-hydrogen) atoms. The maximum absolute atomic E-state index is 4.74. The highest BCUT2D eigenvalue weighted by atomic mass is 15.4. The smallest absolute Gasteiger partial charge is 0.234 e. The van der Waals surface area contributed by atoms with E-state index >= 15 is 0 Å². The highest BCUT2D eigenvalue weighted by Crippen LogP contribution is 2.22. The zero-order valence-corrected chi connectivity index (χ0v) is 15.4. The number of fused-ring (bicyclic) bond motifs is 1. The first-order valence-corrected chi connectivity index (χ1v) is 8.94. The average Bonchev–Trinajstić information content (AvgIpc) is 3.21. The standard InChI is InChI=1S/C18H25N7/c1-12-8-13(2)24-10-16(21-18(24)19-12)9-23-7-5-6-17(23)11-25-15(4)20-14(3)22-25/h8,10,17H,5-7,9,11H2,1-4H3. The number of aromatic nitrogens is 6. The monoisotopic (exact) mass is 339 g/mol. The summed E-state index contributed by atoms with van der Waals surface area (Å²) < 4.78 is 4.12. The molecule has 3 aromatic heterocycles. The molecule has 0 aromatic carbocycles. The van der Waals surface area contributed by atoms with E-state index in [2.05, 4.69) is 43.6 Å². The van der Waals surface area contributed by atoms with Crippen molar-refractivity contribution in [2.45, 2.75) is 59.7 Å². The molecule has 1 fully saturated rings. The van der Waals surface area contributed by atoms with Crippen molar-refractivity contribution >= 4 is 5.78 Å². The van der Waals surface area contributed by atoms with Crippen LogP contribution in [0.15, 0.2) is 12.3 Å². The molecule has 0 amide bonds. The minimum atomic E-state index is 0.486. The van der Waals surface area contributed by atoms with Gasteiger partial charge in [-0.05, 0) is 53.1 Å². The molecule has 4 rings (SSSR count). The third-order valence-electron chi connectivity index (χ3n) is 5.02. The molecular formula is C18H25N7. The van der Waals surface area contributed by atoms with Gasteiger partial charge in [0.25, 0.3) is 0 Å². The van der Waals surface area contributed by atoms with Crippen LogP contribution in [0.1, 0.15) is 41.6 Å². The van der Waals surface area contributed by atoms with Gasteiger partial charge in [-0.2, -0.15) is 5.10 Å². The Morgan fingerprint density at radius 2 is 1.96 bits per heavy atom. The van der Waals surface area contributed by atoms with Gasteiger partial charge in [0.15, 0.2) is 0 Å². The molecule has 0 spiro atoms. The first kappa shape index (κ1) is 16.2. The molecule has 132 valence electrons. The van der Waals surface area contributed by atoms with Crippen molar-refractivity contribution < 1.29 is 0 Å². The molecule has 0 radical (unpaired) electrons. The van der Waals surface area contributed by atoms with Crippen LogP contribution in [-0.2, 0) is 13.1 Å². The Balaban J connectivity index is 1.53. The summed E-state index contributed by atoms with van der Waals surface area (Å²) in [4.78, 5) is 16.2. The second-order valence-corrected chi connectivity index (χ2v) is 7.10. The fraction of sp³-hybridized carbons (Fsp3) is 0.556. The van der Waals surface area contributed by atoms with Crippen molar-refractivity contribution in [3.8, 4) is 0 Å². The molecule has 7 heteroatoms. The largest absolute Gasteiger partial charge is 0.293 e. The molecule has 1 aliphatic rings. The summed E-state index contributed by atoms with van der Waals surface area (Å²) in [5, 5.41) is 4.52. The Kier molecular flexibility index (Phi) is 4.03. The molecule has 7 nitrogen and oxygen atoms in total. The van der Waals surface area contributed by atoms with Crippen molar-refractivity contribution in [3.63, 3.8) is 0 Å². The molecule has 0 aliphatic carbocycles. The average molecular weight is 339 g/mol. The number of likely N-dealkylation sites (tertiary alicyclic amines) is 1. The predicted molar refractivity (Wildman–Crippen MR) is 95.4 cm³/mol. The van der Waals surface area contributed by atoms with E-state index in [-0.39, 0.29) is 0 Å². The lowest BCUT2D eigenvalue weighted by atomic mass is 10.2. The van der Waals surface area contributed by atoms with Crippen LogP contribution < -0.4 is 0 Å². The van der Waals surface area contributed by atoms with E-state index in [1.807, 2.05) is 25.5 Å². The highest BCUT2D eigenvalue weighted by molar-refractivity contribution is 5.34. The molecule has 1 saturated heterocycles. The van der Waals surface area contributed by atoms with E-state index in [0.717, 1.165) is 48.4 Å². The van der Waals surface area contributed by atoms with Gasteiger partial charge in [0.1, 0.15) is 11.6 Å². The fourth-order valence-corrected chi connectivity index (χ4v) is 3.85. The van der Waals surface area contributed by atoms with E-state index in [1.54, 1.807) is 0 Å². The van der Waals surface area contributed by atoms with Gasteiger partial charge in [-0.1, -0.05) is 0 Å². The van der Waals surface area contributed by atoms with Crippen LogP contribution in [0.5, 0.6) is 0 Å². The maximum atomic E-state index is 4.74. The highest BCUT2D eigenvalue weighted by Gasteiger charge is 2.26. The number of aryl methyl sites for hydroxylation is 4. The van der Waals surface area contributed by atoms with Crippen LogP contribution in [0.25, 0.3) is 5.78 Å². The topological polar surface area (TPSA) is 64.1 Å². The number of hydrogen-bond acceptors (Lipinski definition) is 5. The fourth-order valence-electron chi connectivity index (χ4n) is 3.85. The van der Waals surface area contributed by atoms with Gasteiger partial charge >= 0.3 is 0 Å². The minimum absolute atomic E-state index is 0.486. The third kappa shape index (κ3) is 3.16. The van der Waals surface area contributed by atoms with Gasteiger partial charge in [-0.3, -0.25) is 9.30 Å². The SMILES string of the molecule is Cc1cc(C)n2cc(CN3CCCC3Cn3nc(C)nc3C)nc2n1. The van der Waals surface area contributed by atoms with Gasteiger partial charge in [-0.15, -0.1) is 0 Å². The van der Waals surface area contributed by atoms with Gasteiger partial charge < -0.3 is 0 Å². The van der Waals surface area contributed by atoms with Crippen molar-refractivity contribution in [2.24, 2.45) is 0 Å². The summed E-state index contributed by atoms with van der Waals surface area (Å²) in [5.41, 5.74) is 3.27. The lowest BCUT2D eigenvalue weighted by Crippen LogP contribution is -2.33. The Labute approximate surface area is 147 Å². The van der Waals surface area contributed by atoms with Gasteiger partial charge in [-0.25, -0.2) is 19.6 Å². The van der Waals surface area contributed by atoms with Crippen LogP contribution in [0, 0.1) is 27.7 Å². The second kappa shape index (κ2) is 6.22. The van der Waals surface area contributed by atoms with E-state index in [4.69, 9.17) is 4.98 Å². The number of hydrogen-bond donors (Lipinski definition) is 0. The van der Waals surface area contributed by atoms with Crippen LogP contribution >= 0.6 is 0 Å². The Hall–Kier alpha value is -2.28. The molecule has 1 atom stereocenters. The van der Waals surface area contributed by atoms with E-state index in [0.29, 0.717) is 6.04 Å². The first-order chi connectivity index (χ1) is 12.0. The van der Waals surface area contributed by atoms with Crippen LogP contribution in [0.2, 0.25) is 0 Å². The predicted octanol–water partition coefficient (Wildman–Crippen LogP) is 2.22. The zero-order valence-electron chi connectivity index (χ0n) is 15.4. The number of imidazole rings is 1. The molecule has 0 saturated carbocycles. The minimum Gasteiger partial charge on any atom is -0.293 e. The normalized spacial score (nSPS) is 18.5. The number of rotatable bonds is 4. The Morgan fingerprint density at radius 1 is 1.12 bits per heavy atom. The summed E-state index contributed by atoms with van der Waals surface area (Å²) in [7, 11) is 0. The van der Waals surface area contributed by atoms with Crippen molar-refractivity contribution in [1.82, 2.24) is 34.0 Å². The van der Waals surface area contributed by atoms with Gasteiger partial charge in [0, 0.05) is 30.2 Å². The summed E-state index contributed by atoms with van der Waals surface area (Å²) in [6.07, 6.45) is 4.54. The molecule has 0 bridgehead atoms. The molecule has 1 unspecified atom stereocenters.